The summed E-state index contributed by atoms with van der Waals surface area (Å²) in [5.74, 6) is 3.67. The van der Waals surface area contributed by atoms with Crippen molar-refractivity contribution in [3.8, 4) is 0 Å². The van der Waals surface area contributed by atoms with E-state index < -0.39 is 9.84 Å². The summed E-state index contributed by atoms with van der Waals surface area (Å²) in [6.45, 7) is 0.897. The van der Waals surface area contributed by atoms with Crippen LogP contribution in [0.5, 0.6) is 0 Å². The van der Waals surface area contributed by atoms with E-state index in [1.165, 1.54) is 24.3 Å². The van der Waals surface area contributed by atoms with E-state index in [0.29, 0.717) is 23.5 Å². The van der Waals surface area contributed by atoms with E-state index >= 15 is 0 Å². The van der Waals surface area contributed by atoms with Crippen LogP contribution in [0.2, 0.25) is 0 Å². The third-order valence-electron chi connectivity index (χ3n) is 3.24. The Morgan fingerprint density at radius 3 is 2.53 bits per heavy atom. The van der Waals surface area contributed by atoms with E-state index in [-0.39, 0.29) is 0 Å². The van der Waals surface area contributed by atoms with Crippen molar-refractivity contribution in [1.82, 2.24) is 5.32 Å². The molecule has 1 atom stereocenters. The van der Waals surface area contributed by atoms with Gasteiger partial charge in [-0.15, -0.1) is 0 Å². The Morgan fingerprint density at radius 1 is 1.20 bits per heavy atom. The molecule has 0 aromatic carbocycles. The Morgan fingerprint density at radius 2 is 1.93 bits per heavy atom. The second-order valence-corrected chi connectivity index (χ2v) is 8.02. The molecule has 0 spiro atoms. The number of sulfone groups is 1. The van der Waals surface area contributed by atoms with E-state index in [9.17, 15) is 8.42 Å². The number of hydrogen-bond acceptors (Lipinski definition) is 4. The van der Waals surface area contributed by atoms with Gasteiger partial charge in [0, 0.05) is 6.04 Å². The summed E-state index contributed by atoms with van der Waals surface area (Å²) >= 11 is 2.02. The number of rotatable bonds is 3. The molecule has 2 heterocycles. The predicted octanol–water partition coefficient (Wildman–Crippen LogP) is 0.906. The minimum absolute atomic E-state index is 0.365. The van der Waals surface area contributed by atoms with Crippen molar-refractivity contribution in [2.75, 3.05) is 29.6 Å². The largest absolute Gasteiger partial charge is 0.314 e. The normalized spacial score (nSPS) is 31.9. The minimum atomic E-state index is -2.69. The first-order valence-electron chi connectivity index (χ1n) is 5.67. The fourth-order valence-corrected chi connectivity index (χ4v) is 5.24. The average molecular weight is 249 g/mol. The fraction of sp³-hybridized carbons (Fsp3) is 1.00. The van der Waals surface area contributed by atoms with Gasteiger partial charge < -0.3 is 5.32 Å². The van der Waals surface area contributed by atoms with Crippen molar-refractivity contribution in [2.24, 2.45) is 5.92 Å². The maximum Gasteiger partial charge on any atom is 0.150 e. The van der Waals surface area contributed by atoms with Crippen molar-refractivity contribution in [1.29, 1.82) is 0 Å². The maximum atomic E-state index is 11.3. The second-order valence-electron chi connectivity index (χ2n) is 4.56. The molecule has 2 aliphatic heterocycles. The zero-order valence-corrected chi connectivity index (χ0v) is 10.6. The third-order valence-corrected chi connectivity index (χ3v) is 6.13. The highest BCUT2D eigenvalue weighted by Gasteiger charge is 2.28. The van der Waals surface area contributed by atoms with E-state index in [4.69, 9.17) is 0 Å². The molecule has 1 N–H and O–H groups in total. The van der Waals surface area contributed by atoms with Crippen LogP contribution in [0, 0.1) is 5.92 Å². The summed E-state index contributed by atoms with van der Waals surface area (Å²) in [5, 5.41) is 3.52. The van der Waals surface area contributed by atoms with Crippen molar-refractivity contribution in [3.05, 3.63) is 0 Å². The number of nitrogens with one attached hydrogen (secondary N) is 1. The van der Waals surface area contributed by atoms with Crippen LogP contribution in [-0.2, 0) is 9.84 Å². The fourth-order valence-electron chi connectivity index (χ4n) is 2.27. The zero-order chi connectivity index (χ0) is 10.7. The number of thioether (sulfide) groups is 1. The Hall–Kier alpha value is 0.260. The molecular weight excluding hydrogens is 230 g/mol. The Bertz CT molecular complexity index is 297. The molecule has 0 radical (unpaired) electrons. The molecule has 15 heavy (non-hydrogen) atoms. The van der Waals surface area contributed by atoms with Gasteiger partial charge in [0.05, 0.1) is 11.5 Å². The summed E-state index contributed by atoms with van der Waals surface area (Å²) in [7, 11) is -2.69. The molecule has 0 bridgehead atoms. The van der Waals surface area contributed by atoms with Gasteiger partial charge in [0.15, 0.2) is 9.84 Å². The molecule has 0 aromatic rings. The summed E-state index contributed by atoms with van der Waals surface area (Å²) in [6, 6.07) is 0.634. The van der Waals surface area contributed by atoms with Gasteiger partial charge in [-0.2, -0.15) is 11.8 Å². The van der Waals surface area contributed by atoms with E-state index in [2.05, 4.69) is 5.32 Å². The van der Waals surface area contributed by atoms with E-state index in [1.807, 2.05) is 11.8 Å². The van der Waals surface area contributed by atoms with Crippen LogP contribution in [0.4, 0.5) is 0 Å². The van der Waals surface area contributed by atoms with Gasteiger partial charge >= 0.3 is 0 Å². The Labute approximate surface area is 96.3 Å². The van der Waals surface area contributed by atoms with Gasteiger partial charge in [0.25, 0.3) is 0 Å². The molecule has 2 aliphatic rings. The van der Waals surface area contributed by atoms with Crippen molar-refractivity contribution in [2.45, 2.75) is 25.3 Å². The second kappa shape index (κ2) is 5.06. The zero-order valence-electron chi connectivity index (χ0n) is 8.94. The van der Waals surface area contributed by atoms with Crippen LogP contribution in [0.1, 0.15) is 19.3 Å². The molecule has 0 saturated carbocycles. The molecule has 2 saturated heterocycles. The lowest BCUT2D eigenvalue weighted by Crippen LogP contribution is -2.36. The molecule has 2 rings (SSSR count). The lowest BCUT2D eigenvalue weighted by molar-refractivity contribution is 0.430. The van der Waals surface area contributed by atoms with Gasteiger partial charge in [-0.25, -0.2) is 8.42 Å². The molecule has 88 valence electrons. The smallest absolute Gasteiger partial charge is 0.150 e. The van der Waals surface area contributed by atoms with Gasteiger partial charge in [-0.1, -0.05) is 0 Å². The molecule has 0 amide bonds. The number of hydrogen-bond donors (Lipinski definition) is 1. The van der Waals surface area contributed by atoms with Crippen molar-refractivity contribution >= 4 is 21.6 Å². The van der Waals surface area contributed by atoms with Gasteiger partial charge in [-0.3, -0.25) is 0 Å². The first kappa shape index (κ1) is 11.7. The summed E-state index contributed by atoms with van der Waals surface area (Å²) in [5.41, 5.74) is 0. The maximum absolute atomic E-state index is 11.3. The van der Waals surface area contributed by atoms with Crippen LogP contribution in [0.3, 0.4) is 0 Å². The highest BCUT2D eigenvalue weighted by atomic mass is 32.2. The van der Waals surface area contributed by atoms with Crippen LogP contribution >= 0.6 is 11.8 Å². The summed E-state index contributed by atoms with van der Waals surface area (Å²) in [6.07, 6.45) is 3.34. The quantitative estimate of drug-likeness (QED) is 0.807. The predicted molar refractivity (Wildman–Crippen MR) is 65.1 cm³/mol. The summed E-state index contributed by atoms with van der Waals surface area (Å²) < 4.78 is 22.5. The van der Waals surface area contributed by atoms with Crippen LogP contribution in [0.15, 0.2) is 0 Å². The van der Waals surface area contributed by atoms with Gasteiger partial charge in [0.1, 0.15) is 0 Å². The SMILES string of the molecule is O=S1(=O)CCC(CNC2CCSCC2)C1. The standard InChI is InChI=1S/C10H19NO2S2/c12-15(13)6-3-9(8-15)7-11-10-1-4-14-5-2-10/h9-11H,1-8H2. The lowest BCUT2D eigenvalue weighted by atomic mass is 10.1. The molecule has 0 aromatic heterocycles. The Kier molecular flexibility index (Phi) is 3.96. The van der Waals surface area contributed by atoms with E-state index in [0.717, 1.165) is 13.0 Å². The van der Waals surface area contributed by atoms with Gasteiger partial charge in [-0.05, 0) is 43.2 Å². The first-order chi connectivity index (χ1) is 7.16. The average Bonchev–Trinajstić information content (AvgIpc) is 2.57. The van der Waals surface area contributed by atoms with Crippen LogP contribution in [-0.4, -0.2) is 44.0 Å². The molecule has 0 aliphatic carbocycles. The molecular formula is C10H19NO2S2. The third kappa shape index (κ3) is 3.64. The van der Waals surface area contributed by atoms with Crippen LogP contribution in [0.25, 0.3) is 0 Å². The molecule has 1 unspecified atom stereocenters. The van der Waals surface area contributed by atoms with Crippen molar-refractivity contribution < 1.29 is 8.42 Å². The highest BCUT2D eigenvalue weighted by molar-refractivity contribution is 7.99. The highest BCUT2D eigenvalue weighted by Crippen LogP contribution is 2.20. The molecule has 2 fully saturated rings. The van der Waals surface area contributed by atoms with Gasteiger partial charge in [0.2, 0.25) is 0 Å². The Balaban J connectivity index is 1.70. The van der Waals surface area contributed by atoms with Crippen LogP contribution < -0.4 is 5.32 Å². The van der Waals surface area contributed by atoms with E-state index in [1.54, 1.807) is 0 Å². The molecule has 3 nitrogen and oxygen atoms in total. The monoisotopic (exact) mass is 249 g/mol. The minimum Gasteiger partial charge on any atom is -0.314 e. The lowest BCUT2D eigenvalue weighted by Gasteiger charge is -2.23. The topological polar surface area (TPSA) is 46.2 Å². The molecule has 5 heteroatoms. The summed E-state index contributed by atoms with van der Waals surface area (Å²) in [4.78, 5) is 0. The van der Waals surface area contributed by atoms with Crippen molar-refractivity contribution in [3.63, 3.8) is 0 Å². The first-order valence-corrected chi connectivity index (χ1v) is 8.65.